The second kappa shape index (κ2) is 5.70. The molecule has 0 amide bonds. The lowest BCUT2D eigenvalue weighted by Gasteiger charge is -2.08. The number of halogens is 4. The molecule has 1 atom stereocenters. The third kappa shape index (κ3) is 4.93. The Bertz CT molecular complexity index is 425. The van der Waals surface area contributed by atoms with Gasteiger partial charge in [-0.2, -0.15) is 13.2 Å². The quantitative estimate of drug-likeness (QED) is 0.866. The molecule has 1 unspecified atom stereocenters. The van der Waals surface area contributed by atoms with Crippen LogP contribution in [-0.4, -0.2) is 22.9 Å². The van der Waals surface area contributed by atoms with Gasteiger partial charge in [-0.05, 0) is 18.2 Å². The van der Waals surface area contributed by atoms with Gasteiger partial charge >= 0.3 is 6.18 Å². The van der Waals surface area contributed by atoms with E-state index in [0.717, 1.165) is 0 Å². The van der Waals surface area contributed by atoms with Crippen molar-refractivity contribution in [2.24, 2.45) is 0 Å². The van der Waals surface area contributed by atoms with Crippen LogP contribution in [0.15, 0.2) is 23.1 Å². The van der Waals surface area contributed by atoms with Gasteiger partial charge in [0, 0.05) is 4.90 Å². The number of anilines is 1. The Morgan fingerprint density at radius 3 is 2.59 bits per heavy atom. The molecular formula is C9H9ClF3NO2S. The van der Waals surface area contributed by atoms with Crippen molar-refractivity contribution < 1.29 is 22.1 Å². The summed E-state index contributed by atoms with van der Waals surface area (Å²) in [4.78, 5) is 0.270. The maximum absolute atomic E-state index is 11.8. The summed E-state index contributed by atoms with van der Waals surface area (Å²) in [5.74, 6) is -0.542. The average molecular weight is 288 g/mol. The van der Waals surface area contributed by atoms with Crippen LogP contribution in [0.5, 0.6) is 0 Å². The van der Waals surface area contributed by atoms with Crippen LogP contribution in [0.4, 0.5) is 18.9 Å². The Hall–Kier alpha value is -0.790. The number of hydrogen-bond donors (Lipinski definition) is 1. The van der Waals surface area contributed by atoms with Gasteiger partial charge in [0.25, 0.3) is 0 Å². The lowest BCUT2D eigenvalue weighted by Crippen LogP contribution is -2.18. The molecule has 1 aromatic carbocycles. The summed E-state index contributed by atoms with van der Waals surface area (Å²) >= 11 is 5.68. The van der Waals surface area contributed by atoms with E-state index >= 15 is 0 Å². The average Bonchev–Trinajstić information content (AvgIpc) is 2.20. The van der Waals surface area contributed by atoms with Gasteiger partial charge in [0.1, 0.15) is 12.5 Å². The summed E-state index contributed by atoms with van der Waals surface area (Å²) in [5.41, 5.74) is 5.74. The maximum Gasteiger partial charge on any atom is 0.411 e. The molecule has 0 spiro atoms. The van der Waals surface area contributed by atoms with E-state index in [1.807, 2.05) is 0 Å². The molecule has 1 rings (SSSR count). The number of ether oxygens (including phenoxy) is 1. The summed E-state index contributed by atoms with van der Waals surface area (Å²) in [6.45, 7) is -1.43. The zero-order valence-electron chi connectivity index (χ0n) is 8.46. The van der Waals surface area contributed by atoms with Gasteiger partial charge in [-0.1, -0.05) is 11.6 Å². The van der Waals surface area contributed by atoms with Crippen LogP contribution in [0.2, 0.25) is 5.02 Å². The molecule has 0 bridgehead atoms. The van der Waals surface area contributed by atoms with Crippen molar-refractivity contribution >= 4 is 28.1 Å². The highest BCUT2D eigenvalue weighted by Gasteiger charge is 2.27. The molecule has 0 aliphatic heterocycles. The second-order valence-electron chi connectivity index (χ2n) is 3.11. The minimum absolute atomic E-state index is 0.201. The summed E-state index contributed by atoms with van der Waals surface area (Å²) in [5, 5.41) is 0.201. The predicted molar refractivity (Wildman–Crippen MR) is 59.1 cm³/mol. The molecule has 0 saturated carbocycles. The molecule has 8 heteroatoms. The Morgan fingerprint density at radius 1 is 1.41 bits per heavy atom. The zero-order valence-corrected chi connectivity index (χ0v) is 10.0. The first kappa shape index (κ1) is 14.3. The zero-order chi connectivity index (χ0) is 13.1. The SMILES string of the molecule is Nc1ccc(S(=O)COCC(F)(F)F)cc1Cl. The highest BCUT2D eigenvalue weighted by atomic mass is 35.5. The van der Waals surface area contributed by atoms with E-state index in [1.54, 1.807) is 0 Å². The summed E-state index contributed by atoms with van der Waals surface area (Å²) in [7, 11) is -1.70. The van der Waals surface area contributed by atoms with E-state index in [9.17, 15) is 17.4 Å². The number of rotatable bonds is 4. The van der Waals surface area contributed by atoms with E-state index in [4.69, 9.17) is 17.3 Å². The fraction of sp³-hybridized carbons (Fsp3) is 0.333. The summed E-state index contributed by atoms with van der Waals surface area (Å²) in [6, 6.07) is 4.19. The van der Waals surface area contributed by atoms with Crippen molar-refractivity contribution in [2.75, 3.05) is 18.3 Å². The van der Waals surface area contributed by atoms with Crippen LogP contribution in [0.3, 0.4) is 0 Å². The molecule has 96 valence electrons. The van der Waals surface area contributed by atoms with Crippen LogP contribution < -0.4 is 5.73 Å². The van der Waals surface area contributed by atoms with Crippen LogP contribution in [0.1, 0.15) is 0 Å². The van der Waals surface area contributed by atoms with Crippen molar-refractivity contribution in [1.82, 2.24) is 0 Å². The van der Waals surface area contributed by atoms with Gasteiger partial charge in [0.15, 0.2) is 0 Å². The molecule has 0 fully saturated rings. The van der Waals surface area contributed by atoms with Crippen molar-refractivity contribution in [3.8, 4) is 0 Å². The molecule has 3 nitrogen and oxygen atoms in total. The number of nitrogen functional groups attached to an aromatic ring is 1. The van der Waals surface area contributed by atoms with Crippen LogP contribution in [-0.2, 0) is 15.5 Å². The number of hydrogen-bond acceptors (Lipinski definition) is 3. The third-order valence-electron chi connectivity index (χ3n) is 1.69. The fourth-order valence-electron chi connectivity index (χ4n) is 0.951. The molecule has 1 aromatic rings. The summed E-state index contributed by atoms with van der Waals surface area (Å²) in [6.07, 6.45) is -4.43. The van der Waals surface area contributed by atoms with Gasteiger partial charge < -0.3 is 10.5 Å². The molecule has 0 radical (unpaired) electrons. The standard InChI is InChI=1S/C9H9ClF3NO2S/c10-7-3-6(1-2-8(7)14)17(15)5-16-4-9(11,12)13/h1-3H,4-5,14H2. The Labute approximate surface area is 103 Å². The first-order chi connectivity index (χ1) is 7.79. The number of alkyl halides is 3. The third-order valence-corrected chi connectivity index (χ3v) is 3.18. The second-order valence-corrected chi connectivity index (χ2v) is 4.92. The summed E-state index contributed by atoms with van der Waals surface area (Å²) < 4.78 is 51.1. The Morgan fingerprint density at radius 2 is 2.06 bits per heavy atom. The lowest BCUT2D eigenvalue weighted by atomic mass is 10.3. The normalized spacial score (nSPS) is 13.6. The molecule has 0 aliphatic rings. The molecule has 0 aromatic heterocycles. The highest BCUT2D eigenvalue weighted by molar-refractivity contribution is 7.84. The van der Waals surface area contributed by atoms with Gasteiger partial charge in [-0.3, -0.25) is 4.21 Å². The number of benzene rings is 1. The van der Waals surface area contributed by atoms with Gasteiger partial charge in [-0.15, -0.1) is 0 Å². The maximum atomic E-state index is 11.8. The first-order valence-corrected chi connectivity index (χ1v) is 6.07. The van der Waals surface area contributed by atoms with Crippen LogP contribution in [0.25, 0.3) is 0 Å². The molecule has 17 heavy (non-hydrogen) atoms. The van der Waals surface area contributed by atoms with Crippen molar-refractivity contribution in [3.05, 3.63) is 23.2 Å². The van der Waals surface area contributed by atoms with Crippen molar-refractivity contribution in [1.29, 1.82) is 0 Å². The van der Waals surface area contributed by atoms with Gasteiger partial charge in [-0.25, -0.2) is 0 Å². The first-order valence-electron chi connectivity index (χ1n) is 4.37. The minimum Gasteiger partial charge on any atom is -0.398 e. The van der Waals surface area contributed by atoms with Gasteiger partial charge in [0.05, 0.1) is 21.5 Å². The van der Waals surface area contributed by atoms with E-state index in [-0.39, 0.29) is 9.92 Å². The van der Waals surface area contributed by atoms with Gasteiger partial charge in [0.2, 0.25) is 0 Å². The molecule has 0 aliphatic carbocycles. The lowest BCUT2D eigenvalue weighted by molar-refractivity contribution is -0.169. The largest absolute Gasteiger partial charge is 0.411 e. The Kier molecular flexibility index (Phi) is 4.79. The number of nitrogens with two attached hydrogens (primary N) is 1. The van der Waals surface area contributed by atoms with E-state index < -0.39 is 29.5 Å². The smallest absolute Gasteiger partial charge is 0.398 e. The monoisotopic (exact) mass is 287 g/mol. The predicted octanol–water partition coefficient (Wildman–Crippen LogP) is 2.57. The molecule has 0 saturated heterocycles. The van der Waals surface area contributed by atoms with Crippen molar-refractivity contribution in [2.45, 2.75) is 11.1 Å². The molecule has 2 N–H and O–H groups in total. The van der Waals surface area contributed by atoms with Crippen molar-refractivity contribution in [3.63, 3.8) is 0 Å². The van der Waals surface area contributed by atoms with Crippen LogP contribution >= 0.6 is 11.6 Å². The molecular weight excluding hydrogens is 279 g/mol. The topological polar surface area (TPSA) is 52.3 Å². The van der Waals surface area contributed by atoms with Crippen LogP contribution in [0, 0.1) is 0 Å². The van der Waals surface area contributed by atoms with E-state index in [1.165, 1.54) is 18.2 Å². The minimum atomic E-state index is -4.43. The fourth-order valence-corrected chi connectivity index (χ4v) is 2.04. The van der Waals surface area contributed by atoms with E-state index in [0.29, 0.717) is 5.69 Å². The Balaban J connectivity index is 2.56. The van der Waals surface area contributed by atoms with E-state index in [2.05, 4.69) is 4.74 Å². The highest BCUT2D eigenvalue weighted by Crippen LogP contribution is 2.22. The molecule has 0 heterocycles.